The maximum atomic E-state index is 13.2. The Morgan fingerprint density at radius 3 is 2.57 bits per heavy atom. The van der Waals surface area contributed by atoms with Gasteiger partial charge in [-0.05, 0) is 48.5 Å². The average Bonchev–Trinajstić information content (AvgIpc) is 3.28. The Labute approximate surface area is 172 Å². The van der Waals surface area contributed by atoms with E-state index in [4.69, 9.17) is 10.2 Å². The van der Waals surface area contributed by atoms with Gasteiger partial charge in [-0.1, -0.05) is 12.1 Å². The highest BCUT2D eigenvalue weighted by atomic mass is 16.3. The summed E-state index contributed by atoms with van der Waals surface area (Å²) in [5.41, 5.74) is 6.89. The van der Waals surface area contributed by atoms with Crippen LogP contribution in [0, 0.1) is 0 Å². The van der Waals surface area contributed by atoms with Gasteiger partial charge in [-0.2, -0.15) is 0 Å². The second-order valence-corrected chi connectivity index (χ2v) is 7.07. The standard InChI is InChI=1S/C23H21N3O4/c1-26-18-6-3-2-5-16(18)22(28)21(23(26)29)19(27)13-17(20-7-4-12-30-20)25-15-10-8-14(24)9-11-15/h2-12,17,25,28H,13,24H2,1H3/t17-/m0/s1. The van der Waals surface area contributed by atoms with Crippen LogP contribution in [0.1, 0.15) is 28.6 Å². The lowest BCUT2D eigenvalue weighted by atomic mass is 10.00. The number of nitrogen functional groups attached to an aromatic ring is 1. The number of benzene rings is 2. The number of carbonyl (C=O) groups excluding carboxylic acids is 1. The fourth-order valence-corrected chi connectivity index (χ4v) is 3.51. The number of nitrogens with two attached hydrogens (primary N) is 1. The molecule has 0 bridgehead atoms. The Morgan fingerprint density at radius 1 is 1.13 bits per heavy atom. The molecule has 4 N–H and O–H groups in total. The van der Waals surface area contributed by atoms with Crippen molar-refractivity contribution < 1.29 is 14.3 Å². The summed E-state index contributed by atoms with van der Waals surface area (Å²) in [6.45, 7) is 0. The van der Waals surface area contributed by atoms with E-state index in [9.17, 15) is 14.7 Å². The van der Waals surface area contributed by atoms with E-state index in [0.717, 1.165) is 5.69 Å². The third kappa shape index (κ3) is 3.53. The average molecular weight is 403 g/mol. The molecule has 2 aromatic carbocycles. The van der Waals surface area contributed by atoms with E-state index in [1.807, 2.05) is 0 Å². The van der Waals surface area contributed by atoms with E-state index < -0.39 is 17.4 Å². The Hall–Kier alpha value is -4.00. The number of ketones is 1. The lowest BCUT2D eigenvalue weighted by Crippen LogP contribution is -2.26. The van der Waals surface area contributed by atoms with Crippen molar-refractivity contribution in [2.75, 3.05) is 11.1 Å². The quantitative estimate of drug-likeness (QED) is 0.333. The number of fused-ring (bicyclic) bond motifs is 1. The maximum absolute atomic E-state index is 13.2. The van der Waals surface area contributed by atoms with Gasteiger partial charge in [-0.3, -0.25) is 9.59 Å². The van der Waals surface area contributed by atoms with Crippen LogP contribution in [0.3, 0.4) is 0 Å². The van der Waals surface area contributed by atoms with Crippen LogP contribution in [-0.4, -0.2) is 15.5 Å². The minimum Gasteiger partial charge on any atom is -0.506 e. The van der Waals surface area contributed by atoms with Crippen LogP contribution in [0.5, 0.6) is 5.75 Å². The normalized spacial score (nSPS) is 12.0. The van der Waals surface area contributed by atoms with Gasteiger partial charge in [0.15, 0.2) is 5.78 Å². The van der Waals surface area contributed by atoms with Crippen molar-refractivity contribution in [2.45, 2.75) is 12.5 Å². The number of nitrogens with zero attached hydrogens (tertiary/aromatic N) is 1. The molecule has 2 aromatic heterocycles. The number of aromatic hydroxyl groups is 1. The molecule has 0 amide bonds. The van der Waals surface area contributed by atoms with E-state index in [1.54, 1.807) is 67.7 Å². The van der Waals surface area contributed by atoms with Crippen molar-refractivity contribution >= 4 is 28.1 Å². The number of furan rings is 1. The Kier molecular flexibility index (Phi) is 5.02. The monoisotopic (exact) mass is 403 g/mol. The number of hydrogen-bond donors (Lipinski definition) is 3. The molecule has 0 saturated heterocycles. The minimum absolute atomic E-state index is 0.0843. The number of Topliss-reactive ketones (excluding diaryl/α,β-unsaturated/α-hetero) is 1. The fourth-order valence-electron chi connectivity index (χ4n) is 3.51. The molecule has 0 aliphatic rings. The first kappa shape index (κ1) is 19.3. The van der Waals surface area contributed by atoms with E-state index in [-0.39, 0.29) is 17.7 Å². The molecule has 4 rings (SSSR count). The smallest absolute Gasteiger partial charge is 0.265 e. The van der Waals surface area contributed by atoms with E-state index >= 15 is 0 Å². The summed E-state index contributed by atoms with van der Waals surface area (Å²) in [6.07, 6.45) is 1.43. The zero-order valence-electron chi connectivity index (χ0n) is 16.3. The third-order valence-electron chi connectivity index (χ3n) is 5.08. The number of aromatic nitrogens is 1. The summed E-state index contributed by atoms with van der Waals surface area (Å²) in [5, 5.41) is 14.4. The molecule has 152 valence electrons. The third-order valence-corrected chi connectivity index (χ3v) is 5.08. The van der Waals surface area contributed by atoms with Crippen LogP contribution in [0.4, 0.5) is 11.4 Å². The van der Waals surface area contributed by atoms with Crippen LogP contribution < -0.4 is 16.6 Å². The van der Waals surface area contributed by atoms with Gasteiger partial charge in [-0.25, -0.2) is 0 Å². The fraction of sp³-hybridized carbons (Fsp3) is 0.130. The molecule has 0 aliphatic carbocycles. The molecule has 7 heteroatoms. The minimum atomic E-state index is -0.540. The predicted molar refractivity (Wildman–Crippen MR) is 116 cm³/mol. The number of para-hydroxylation sites is 1. The molecule has 7 nitrogen and oxygen atoms in total. The highest BCUT2D eigenvalue weighted by Gasteiger charge is 2.25. The molecule has 0 radical (unpaired) electrons. The topological polar surface area (TPSA) is 110 Å². The molecule has 4 aromatic rings. The number of nitrogens with one attached hydrogen (secondary N) is 1. The van der Waals surface area contributed by atoms with Crippen molar-refractivity contribution in [1.29, 1.82) is 0 Å². The summed E-state index contributed by atoms with van der Waals surface area (Å²) in [7, 11) is 1.58. The largest absolute Gasteiger partial charge is 0.506 e. The number of aryl methyl sites for hydroxylation is 1. The van der Waals surface area contributed by atoms with Gasteiger partial charge >= 0.3 is 0 Å². The molecule has 0 aliphatic heterocycles. The Balaban J connectivity index is 1.71. The van der Waals surface area contributed by atoms with Gasteiger partial charge in [0.05, 0.1) is 17.8 Å². The Morgan fingerprint density at radius 2 is 1.87 bits per heavy atom. The number of pyridine rings is 1. The second-order valence-electron chi connectivity index (χ2n) is 7.07. The molecule has 1 atom stereocenters. The van der Waals surface area contributed by atoms with Crippen molar-refractivity contribution in [3.05, 3.63) is 88.6 Å². The summed E-state index contributed by atoms with van der Waals surface area (Å²) in [4.78, 5) is 26.0. The molecule has 30 heavy (non-hydrogen) atoms. The van der Waals surface area contributed by atoms with Gasteiger partial charge < -0.3 is 25.1 Å². The highest BCUT2D eigenvalue weighted by molar-refractivity contribution is 6.03. The highest BCUT2D eigenvalue weighted by Crippen LogP contribution is 2.30. The molecule has 2 heterocycles. The summed E-state index contributed by atoms with van der Waals surface area (Å²) < 4.78 is 6.87. The van der Waals surface area contributed by atoms with E-state index in [0.29, 0.717) is 22.4 Å². The van der Waals surface area contributed by atoms with Gasteiger partial charge in [-0.15, -0.1) is 0 Å². The van der Waals surface area contributed by atoms with E-state index in [2.05, 4.69) is 5.32 Å². The van der Waals surface area contributed by atoms with Crippen LogP contribution in [0.2, 0.25) is 0 Å². The molecule has 0 saturated carbocycles. The lowest BCUT2D eigenvalue weighted by Gasteiger charge is -2.18. The van der Waals surface area contributed by atoms with Gasteiger partial charge in [0.25, 0.3) is 5.56 Å². The number of hydrogen-bond acceptors (Lipinski definition) is 6. The maximum Gasteiger partial charge on any atom is 0.265 e. The van der Waals surface area contributed by atoms with Crippen molar-refractivity contribution in [1.82, 2.24) is 4.57 Å². The van der Waals surface area contributed by atoms with Crippen LogP contribution >= 0.6 is 0 Å². The van der Waals surface area contributed by atoms with Gasteiger partial charge in [0.2, 0.25) is 0 Å². The van der Waals surface area contributed by atoms with Crippen molar-refractivity contribution in [3.63, 3.8) is 0 Å². The molecular weight excluding hydrogens is 382 g/mol. The number of anilines is 2. The summed E-state index contributed by atoms with van der Waals surface area (Å²) >= 11 is 0. The first-order chi connectivity index (χ1) is 14.5. The van der Waals surface area contributed by atoms with Crippen molar-refractivity contribution in [3.8, 4) is 5.75 Å². The number of rotatable bonds is 6. The zero-order chi connectivity index (χ0) is 21.3. The number of carbonyl (C=O) groups is 1. The van der Waals surface area contributed by atoms with Crippen LogP contribution in [0.15, 0.2) is 76.1 Å². The summed E-state index contributed by atoms with van der Waals surface area (Å²) in [5.74, 6) is -0.246. The van der Waals surface area contributed by atoms with Gasteiger partial charge in [0.1, 0.15) is 17.1 Å². The first-order valence-electron chi connectivity index (χ1n) is 9.45. The second kappa shape index (κ2) is 7.79. The molecule has 0 unspecified atom stereocenters. The Bertz CT molecular complexity index is 1260. The molecule has 0 spiro atoms. The molecular formula is C23H21N3O4. The SMILES string of the molecule is Cn1c(=O)c(C(=O)C[C@H](Nc2ccc(N)cc2)c2ccco2)c(O)c2ccccc21. The summed E-state index contributed by atoms with van der Waals surface area (Å²) in [6, 6.07) is 16.9. The zero-order valence-corrected chi connectivity index (χ0v) is 16.3. The molecule has 0 fully saturated rings. The van der Waals surface area contributed by atoms with Gasteiger partial charge in [0, 0.05) is 30.2 Å². The predicted octanol–water partition coefficient (Wildman–Crippen LogP) is 3.85. The van der Waals surface area contributed by atoms with Crippen LogP contribution in [0.25, 0.3) is 10.9 Å². The van der Waals surface area contributed by atoms with Crippen LogP contribution in [-0.2, 0) is 7.05 Å². The lowest BCUT2D eigenvalue weighted by molar-refractivity contribution is 0.0969. The first-order valence-corrected chi connectivity index (χ1v) is 9.45. The van der Waals surface area contributed by atoms with E-state index in [1.165, 1.54) is 10.8 Å². The van der Waals surface area contributed by atoms with Crippen molar-refractivity contribution in [2.24, 2.45) is 7.05 Å².